The van der Waals surface area contributed by atoms with Gasteiger partial charge in [-0.2, -0.15) is 0 Å². The van der Waals surface area contributed by atoms with Crippen molar-refractivity contribution in [3.8, 4) is 0 Å². The number of aryl methyl sites for hydroxylation is 1. The number of hydrogen-bond donors (Lipinski definition) is 1. The van der Waals surface area contributed by atoms with Crippen LogP contribution >= 0.6 is 11.3 Å². The zero-order chi connectivity index (χ0) is 12.8. The highest BCUT2D eigenvalue weighted by Gasteiger charge is 2.56. The molecule has 2 heteroatoms. The zero-order valence-corrected chi connectivity index (χ0v) is 12.0. The average molecular weight is 269 g/mol. The molecule has 0 saturated heterocycles. The average Bonchev–Trinajstić information content (AvgIpc) is 2.92. The predicted molar refractivity (Wildman–Crippen MR) is 80.6 cm³/mol. The van der Waals surface area contributed by atoms with E-state index in [2.05, 4.69) is 54.1 Å². The van der Waals surface area contributed by atoms with Gasteiger partial charge in [-0.1, -0.05) is 30.3 Å². The summed E-state index contributed by atoms with van der Waals surface area (Å²) in [4.78, 5) is 1.50. The Balaban J connectivity index is 1.66. The Morgan fingerprint density at radius 1 is 1.21 bits per heavy atom. The second-order valence-electron chi connectivity index (χ2n) is 5.79. The van der Waals surface area contributed by atoms with Crippen molar-refractivity contribution >= 4 is 11.3 Å². The Kier molecular flexibility index (Phi) is 2.75. The third-order valence-electron chi connectivity index (χ3n) is 4.94. The van der Waals surface area contributed by atoms with Crippen LogP contribution in [0.5, 0.6) is 0 Å². The van der Waals surface area contributed by atoms with Crippen LogP contribution in [0.2, 0.25) is 0 Å². The summed E-state index contributed by atoms with van der Waals surface area (Å²) in [6.07, 6.45) is 2.64. The number of hydrogen-bond acceptors (Lipinski definition) is 2. The van der Waals surface area contributed by atoms with E-state index in [0.29, 0.717) is 6.04 Å². The van der Waals surface area contributed by atoms with Crippen LogP contribution in [-0.4, -0.2) is 7.05 Å². The molecule has 0 radical (unpaired) electrons. The van der Waals surface area contributed by atoms with E-state index in [4.69, 9.17) is 0 Å². The normalized spacial score (nSPS) is 29.4. The molecular formula is C17H19NS. The lowest BCUT2D eigenvalue weighted by Gasteiger charge is -2.15. The first-order chi connectivity index (χ1) is 9.40. The van der Waals surface area contributed by atoms with E-state index in [0.717, 1.165) is 17.8 Å². The van der Waals surface area contributed by atoms with Crippen LogP contribution in [0.4, 0.5) is 0 Å². The molecule has 1 N–H and O–H groups in total. The van der Waals surface area contributed by atoms with Crippen molar-refractivity contribution < 1.29 is 0 Å². The molecule has 2 aliphatic carbocycles. The van der Waals surface area contributed by atoms with E-state index in [-0.39, 0.29) is 0 Å². The molecule has 0 aliphatic heterocycles. The van der Waals surface area contributed by atoms with Gasteiger partial charge < -0.3 is 5.32 Å². The molecule has 1 aromatic carbocycles. The van der Waals surface area contributed by atoms with Crippen molar-refractivity contribution in [2.45, 2.75) is 24.8 Å². The van der Waals surface area contributed by atoms with Crippen molar-refractivity contribution in [2.24, 2.45) is 11.8 Å². The van der Waals surface area contributed by atoms with E-state index < -0.39 is 0 Å². The van der Waals surface area contributed by atoms with Gasteiger partial charge in [0.15, 0.2) is 0 Å². The molecule has 1 saturated carbocycles. The number of nitrogens with one attached hydrogen (secondary N) is 1. The quantitative estimate of drug-likeness (QED) is 0.888. The Labute approximate surface area is 118 Å². The topological polar surface area (TPSA) is 12.0 Å². The molecule has 1 fully saturated rings. The largest absolute Gasteiger partial charge is 0.312 e. The Morgan fingerprint density at radius 3 is 2.89 bits per heavy atom. The number of rotatable bonds is 3. The molecule has 4 rings (SSSR count). The summed E-state index contributed by atoms with van der Waals surface area (Å²) < 4.78 is 0. The van der Waals surface area contributed by atoms with Gasteiger partial charge in [-0.15, -0.1) is 11.3 Å². The third kappa shape index (κ3) is 1.78. The summed E-state index contributed by atoms with van der Waals surface area (Å²) in [5.74, 6) is 2.49. The number of fused-ring (bicyclic) bond motifs is 3. The Hall–Kier alpha value is -1.12. The van der Waals surface area contributed by atoms with Crippen molar-refractivity contribution in [1.29, 1.82) is 0 Å². The highest BCUT2D eigenvalue weighted by Crippen LogP contribution is 2.64. The molecule has 0 bridgehead atoms. The third-order valence-corrected chi connectivity index (χ3v) is 5.89. The van der Waals surface area contributed by atoms with E-state index >= 15 is 0 Å². The molecule has 0 amide bonds. The van der Waals surface area contributed by atoms with E-state index in [9.17, 15) is 0 Å². The SMILES string of the molecule is CNC(c1cccs1)C1C2CCc3ccccc3C21. The molecule has 4 atom stereocenters. The number of thiophene rings is 1. The fourth-order valence-electron chi connectivity index (χ4n) is 4.07. The van der Waals surface area contributed by atoms with Crippen LogP contribution in [0.1, 0.15) is 34.4 Å². The summed E-state index contributed by atoms with van der Waals surface area (Å²) in [5.41, 5.74) is 3.22. The standard InChI is InChI=1S/C17H19NS/c1-18-17(14-7-4-10-19-14)16-13-9-8-11-5-2-3-6-12(11)15(13)16/h2-7,10,13,15-18H,8-9H2,1H3. The van der Waals surface area contributed by atoms with Gasteiger partial charge in [-0.3, -0.25) is 0 Å². The number of benzene rings is 1. The van der Waals surface area contributed by atoms with E-state index in [1.807, 2.05) is 11.3 Å². The molecule has 2 aliphatic rings. The lowest BCUT2D eigenvalue weighted by Crippen LogP contribution is -2.18. The minimum absolute atomic E-state index is 0.543. The predicted octanol–water partition coefficient (Wildman–Crippen LogP) is 3.98. The maximum atomic E-state index is 3.56. The maximum Gasteiger partial charge on any atom is 0.0449 e. The molecule has 2 aromatic rings. The van der Waals surface area contributed by atoms with Crippen molar-refractivity contribution in [1.82, 2.24) is 5.32 Å². The molecule has 1 heterocycles. The minimum atomic E-state index is 0.543. The monoisotopic (exact) mass is 269 g/mol. The van der Waals surface area contributed by atoms with Crippen molar-refractivity contribution in [2.75, 3.05) is 7.05 Å². The van der Waals surface area contributed by atoms with Crippen LogP contribution in [0.25, 0.3) is 0 Å². The first-order valence-corrected chi connectivity index (χ1v) is 8.06. The van der Waals surface area contributed by atoms with Crippen LogP contribution in [0.3, 0.4) is 0 Å². The molecule has 4 unspecified atom stereocenters. The Bertz CT molecular complexity index is 575. The molecule has 98 valence electrons. The van der Waals surface area contributed by atoms with Crippen LogP contribution in [0.15, 0.2) is 41.8 Å². The molecular weight excluding hydrogens is 250 g/mol. The summed E-state index contributed by atoms with van der Waals surface area (Å²) in [7, 11) is 2.11. The van der Waals surface area contributed by atoms with Crippen LogP contribution in [-0.2, 0) is 6.42 Å². The summed E-state index contributed by atoms with van der Waals surface area (Å²) in [6.45, 7) is 0. The van der Waals surface area contributed by atoms with Crippen molar-refractivity contribution in [3.63, 3.8) is 0 Å². The molecule has 0 spiro atoms. The maximum absolute atomic E-state index is 3.56. The first-order valence-electron chi connectivity index (χ1n) is 7.18. The van der Waals surface area contributed by atoms with Gasteiger partial charge in [0.2, 0.25) is 0 Å². The van der Waals surface area contributed by atoms with Gasteiger partial charge in [-0.25, -0.2) is 0 Å². The summed E-state index contributed by atoms with van der Waals surface area (Å²) in [6, 6.07) is 14.1. The highest BCUT2D eigenvalue weighted by molar-refractivity contribution is 7.10. The van der Waals surface area contributed by atoms with E-state index in [1.54, 1.807) is 11.1 Å². The van der Waals surface area contributed by atoms with Gasteiger partial charge in [0.25, 0.3) is 0 Å². The molecule has 19 heavy (non-hydrogen) atoms. The lowest BCUT2D eigenvalue weighted by atomic mass is 9.92. The van der Waals surface area contributed by atoms with Gasteiger partial charge in [0, 0.05) is 10.9 Å². The summed E-state index contributed by atoms with van der Waals surface area (Å²) >= 11 is 1.89. The van der Waals surface area contributed by atoms with Crippen LogP contribution in [0, 0.1) is 11.8 Å². The molecule has 1 nitrogen and oxygen atoms in total. The Morgan fingerprint density at radius 2 is 2.11 bits per heavy atom. The van der Waals surface area contributed by atoms with Gasteiger partial charge >= 0.3 is 0 Å². The fraction of sp³-hybridized carbons (Fsp3) is 0.412. The zero-order valence-electron chi connectivity index (χ0n) is 11.2. The van der Waals surface area contributed by atoms with Gasteiger partial charge in [0.05, 0.1) is 0 Å². The lowest BCUT2D eigenvalue weighted by molar-refractivity contribution is 0.491. The second-order valence-corrected chi connectivity index (χ2v) is 6.77. The van der Waals surface area contributed by atoms with Crippen molar-refractivity contribution in [3.05, 3.63) is 57.8 Å². The summed E-state index contributed by atoms with van der Waals surface area (Å²) in [5, 5.41) is 5.76. The smallest absolute Gasteiger partial charge is 0.0449 e. The van der Waals surface area contributed by atoms with Crippen LogP contribution < -0.4 is 5.32 Å². The minimum Gasteiger partial charge on any atom is -0.312 e. The molecule has 1 aromatic heterocycles. The van der Waals surface area contributed by atoms with E-state index in [1.165, 1.54) is 17.7 Å². The van der Waals surface area contributed by atoms with Gasteiger partial charge in [0.1, 0.15) is 0 Å². The highest BCUT2D eigenvalue weighted by atomic mass is 32.1. The first kappa shape index (κ1) is 11.7. The fourth-order valence-corrected chi connectivity index (χ4v) is 4.96. The van der Waals surface area contributed by atoms with Gasteiger partial charge in [-0.05, 0) is 60.2 Å². The second kappa shape index (κ2) is 4.46.